The molecule has 0 atom stereocenters. The van der Waals surface area contributed by atoms with E-state index in [1.807, 2.05) is 0 Å². The summed E-state index contributed by atoms with van der Waals surface area (Å²) in [7, 11) is 3.50. The molecule has 0 bridgehead atoms. The van der Waals surface area contributed by atoms with Gasteiger partial charge in [-0.15, -0.1) is 0 Å². The van der Waals surface area contributed by atoms with Gasteiger partial charge in [0.15, 0.2) is 0 Å². The van der Waals surface area contributed by atoms with Crippen molar-refractivity contribution >= 4 is 8.05 Å². The molecule has 0 rings (SSSR count). The molecule has 0 aliphatic rings. The van der Waals surface area contributed by atoms with E-state index in [1.165, 1.54) is 0 Å². The average Bonchev–Trinajstić information content (AvgIpc) is 1.46. The van der Waals surface area contributed by atoms with Crippen LogP contribution in [-0.2, 0) is 40.0 Å². The number of hydrogen-bond donors (Lipinski definition) is 1. The second-order valence-electron chi connectivity index (χ2n) is 0.0745. The quantitative estimate of drug-likeness (QED) is 0.307. The summed E-state index contributed by atoms with van der Waals surface area (Å²) in [6.07, 6.45) is 0. The molecule has 2 radical (unpaired) electrons. The molecule has 0 aliphatic heterocycles. The molecule has 24 heteroatoms. The van der Waals surface area contributed by atoms with E-state index in [-0.39, 0.29) is 162 Å². The van der Waals surface area contributed by atoms with Crippen LogP contribution in [0.1, 0.15) is 1.43 Å². The first-order chi connectivity index (χ1) is 2.41. The van der Waals surface area contributed by atoms with Crippen molar-refractivity contribution < 1.29 is 191 Å². The average molecular weight is 516 g/mol. The Morgan fingerprint density at radius 1 is 0.458 bits per heavy atom. The van der Waals surface area contributed by atoms with E-state index >= 15 is 0 Å². The van der Waals surface area contributed by atoms with Gasteiger partial charge in [0.1, 0.15) is 0 Å². The Labute approximate surface area is 197 Å². The summed E-state index contributed by atoms with van der Waals surface area (Å²) >= 11 is -1.81. The Morgan fingerprint density at radius 3 is 0.458 bits per heavy atom. The molecule has 0 saturated heterocycles. The third-order valence-electron chi connectivity index (χ3n) is 0. The van der Waals surface area contributed by atoms with Crippen LogP contribution >= 0.6 is 0 Å². The van der Waals surface area contributed by atoms with Gasteiger partial charge in [-0.1, -0.05) is 0 Å². The first-order valence-corrected chi connectivity index (χ1v) is 1.76. The maximum atomic E-state index is 8.47. The van der Waals surface area contributed by atoms with Crippen LogP contribution in [-0.4, -0.2) is 106 Å². The predicted octanol–water partition coefficient (Wildman–Crippen LogP) is -18.1. The van der Waals surface area contributed by atoms with Gasteiger partial charge in [-0.2, -0.15) is 0 Å². The molecule has 35 N–H and O–H groups in total. The Kier molecular flexibility index (Phi) is 58500. The zero-order valence-electron chi connectivity index (χ0n) is 13.1. The summed E-state index contributed by atoms with van der Waals surface area (Å²) < 4.78 is 16.9. The third-order valence-corrected chi connectivity index (χ3v) is 0. The molecule has 0 heterocycles. The van der Waals surface area contributed by atoms with Crippen molar-refractivity contribution in [2.75, 3.05) is 0 Å². The van der Waals surface area contributed by atoms with Gasteiger partial charge in [-0.05, 0) is 0 Å². The van der Waals surface area contributed by atoms with Crippen LogP contribution in [0, 0.1) is 0 Å². The van der Waals surface area contributed by atoms with Gasteiger partial charge in [0, 0.05) is 16.5 Å². The van der Waals surface area contributed by atoms with Crippen LogP contribution in [0.15, 0.2) is 0 Å². The summed E-state index contributed by atoms with van der Waals surface area (Å²) in [5.74, 6) is 0. The van der Waals surface area contributed by atoms with Crippen LogP contribution in [0.5, 0.6) is 0 Å². The third kappa shape index (κ3) is 4410. The van der Waals surface area contributed by atoms with Crippen molar-refractivity contribution in [3.8, 4) is 0 Å². The second kappa shape index (κ2) is 1950. The van der Waals surface area contributed by atoms with E-state index in [4.69, 9.17) is 12.4 Å². The molecule has 0 fully saturated rings. The zero-order chi connectivity index (χ0) is 4.71. The van der Waals surface area contributed by atoms with Crippen LogP contribution in [0.4, 0.5) is 0 Å². The Balaban J connectivity index is -0.000000000202. The molecule has 0 amide bonds. The SMILES string of the molecule is O.O.O.O.O.O.O.O.O.O.O.O.O.O.O.O.O.[B]O.[H-].[K+].[Ni].[O]=[V]=[O]. The molecule has 24 heavy (non-hydrogen) atoms. The fourth-order valence-corrected chi connectivity index (χ4v) is 0. The summed E-state index contributed by atoms with van der Waals surface area (Å²) in [6, 6.07) is 0. The molecule has 0 aromatic rings. The van der Waals surface area contributed by atoms with Crippen LogP contribution in [0.3, 0.4) is 0 Å². The van der Waals surface area contributed by atoms with Crippen molar-refractivity contribution in [1.29, 1.82) is 0 Å². The predicted molar refractivity (Wildman–Crippen MR) is 71.9 cm³/mol. The van der Waals surface area contributed by atoms with Gasteiger partial charge >= 0.3 is 74.9 Å². The van der Waals surface area contributed by atoms with E-state index in [0.717, 1.165) is 0 Å². The Hall–Kier alpha value is 1.66. The minimum atomic E-state index is -1.81. The summed E-state index contributed by atoms with van der Waals surface area (Å²) in [5.41, 5.74) is 0. The molecule has 0 spiro atoms. The first-order valence-electron chi connectivity index (χ1n) is 0.623. The molecule has 0 aromatic carbocycles. The number of hydrogen-bond acceptors (Lipinski definition) is 3. The van der Waals surface area contributed by atoms with E-state index in [9.17, 15) is 0 Å². The molecule has 0 unspecified atom stereocenters. The van der Waals surface area contributed by atoms with Gasteiger partial charge in [0.2, 0.25) is 0 Å². The molecular weight excluding hydrogens is 480 g/mol. The van der Waals surface area contributed by atoms with Gasteiger partial charge in [0.05, 0.1) is 0 Å². The topological polar surface area (TPSA) is 590 Å². The van der Waals surface area contributed by atoms with E-state index in [2.05, 4.69) is 8.05 Å². The van der Waals surface area contributed by atoms with E-state index in [1.54, 1.807) is 0 Å². The molecule has 0 aromatic heterocycles. The van der Waals surface area contributed by atoms with Crippen molar-refractivity contribution in [3.05, 3.63) is 0 Å². The molecule has 20 nitrogen and oxygen atoms in total. The fourth-order valence-electron chi connectivity index (χ4n) is 0. The number of rotatable bonds is 0. The van der Waals surface area contributed by atoms with Crippen molar-refractivity contribution in [2.45, 2.75) is 0 Å². The molecule has 0 saturated carbocycles. The zero-order valence-corrected chi connectivity index (χ0v) is 17.6. The van der Waals surface area contributed by atoms with Crippen LogP contribution in [0.2, 0.25) is 0 Å². The normalized spacial score (nSPS) is 0.542. The van der Waals surface area contributed by atoms with Crippen molar-refractivity contribution in [1.82, 2.24) is 0 Å². The fraction of sp³-hybridized carbons (Fsp3) is 0. The first kappa shape index (κ1) is 719. The van der Waals surface area contributed by atoms with Crippen molar-refractivity contribution in [3.63, 3.8) is 0 Å². The van der Waals surface area contributed by atoms with Gasteiger partial charge in [0.25, 0.3) is 8.05 Å². The molecule has 0 aliphatic carbocycles. The Bertz CT molecular complexity index is 50.7. The van der Waals surface area contributed by atoms with Crippen molar-refractivity contribution in [2.24, 2.45) is 0 Å². The van der Waals surface area contributed by atoms with Gasteiger partial charge in [-0.25, -0.2) is 0 Å². The standard InChI is InChI=1S/BHO.K.Ni.17H2O.2O.V.H/c1-2;;;;;;;;;;;;;;;;;;;;;;;/h2H;;;17*1H2;;;;/q;+1;;;;;;;;;;;;;;;;;;;;;;-1. The van der Waals surface area contributed by atoms with Gasteiger partial charge in [-0.3, -0.25) is 0 Å². The van der Waals surface area contributed by atoms with Crippen LogP contribution < -0.4 is 51.4 Å². The van der Waals surface area contributed by atoms with E-state index in [0.29, 0.717) is 0 Å². The Morgan fingerprint density at radius 2 is 0.458 bits per heavy atom. The van der Waals surface area contributed by atoms with E-state index < -0.39 is 16.2 Å². The maximum absolute atomic E-state index is 8.47. The summed E-state index contributed by atoms with van der Waals surface area (Å²) in [4.78, 5) is 0. The second-order valence-corrected chi connectivity index (χ2v) is 0.307. The minimum absolute atomic E-state index is 0. The van der Waals surface area contributed by atoms with Gasteiger partial charge < -0.3 is 99.5 Å². The molecule has 175 valence electrons. The summed E-state index contributed by atoms with van der Waals surface area (Å²) in [5, 5.41) is 6.50. The summed E-state index contributed by atoms with van der Waals surface area (Å²) in [6.45, 7) is 0. The van der Waals surface area contributed by atoms with Crippen LogP contribution in [0.25, 0.3) is 0 Å². The molecular formula is H36BKNiO20V. The monoisotopic (exact) mass is 515 g/mol.